The predicted octanol–water partition coefficient (Wildman–Crippen LogP) is 2.77. The zero-order valence-corrected chi connectivity index (χ0v) is 9.86. The first-order valence-corrected chi connectivity index (χ1v) is 6.21. The van der Waals surface area contributed by atoms with Crippen molar-refractivity contribution >= 4 is 5.82 Å². The molecule has 3 nitrogen and oxygen atoms in total. The maximum absolute atomic E-state index is 6.06. The van der Waals surface area contributed by atoms with Gasteiger partial charge < -0.3 is 10.3 Å². The number of nitrogens with two attached hydrogens (primary N) is 1. The molecule has 0 saturated heterocycles. The van der Waals surface area contributed by atoms with E-state index in [0.717, 1.165) is 30.4 Å². The molecule has 1 heterocycles. The third kappa shape index (κ3) is 2.46. The lowest BCUT2D eigenvalue weighted by molar-refractivity contribution is 0.355. The quantitative estimate of drug-likeness (QED) is 0.791. The minimum atomic E-state index is 0.753. The second-order valence-corrected chi connectivity index (χ2v) is 4.73. The van der Waals surface area contributed by atoms with Crippen LogP contribution in [0.2, 0.25) is 0 Å². The van der Waals surface area contributed by atoms with Gasteiger partial charge in [-0.1, -0.05) is 38.2 Å². The molecule has 2 rings (SSSR count). The van der Waals surface area contributed by atoms with E-state index in [4.69, 9.17) is 5.73 Å². The number of aromatic nitrogens is 2. The van der Waals surface area contributed by atoms with Gasteiger partial charge in [-0.2, -0.15) is 0 Å². The maximum Gasteiger partial charge on any atom is 0.126 e. The van der Waals surface area contributed by atoms with E-state index in [1.54, 1.807) is 0 Å². The summed E-state index contributed by atoms with van der Waals surface area (Å²) in [6.45, 7) is 4.47. The Labute approximate surface area is 97.4 Å². The van der Waals surface area contributed by atoms with E-state index in [1.807, 2.05) is 17.0 Å². The highest BCUT2D eigenvalue weighted by Gasteiger charge is 2.17. The van der Waals surface area contributed by atoms with Crippen LogP contribution in [0.5, 0.6) is 0 Å². The third-order valence-corrected chi connectivity index (χ3v) is 3.49. The largest absolute Gasteiger partial charge is 0.384 e. The Morgan fingerprint density at radius 2 is 2.19 bits per heavy atom. The van der Waals surface area contributed by atoms with Crippen LogP contribution in [0, 0.1) is 5.92 Å². The van der Waals surface area contributed by atoms with Gasteiger partial charge in [0.2, 0.25) is 0 Å². The molecule has 1 fully saturated rings. The van der Waals surface area contributed by atoms with Gasteiger partial charge >= 0.3 is 0 Å². The Morgan fingerprint density at radius 1 is 1.44 bits per heavy atom. The van der Waals surface area contributed by atoms with Gasteiger partial charge in [-0.25, -0.2) is 4.98 Å². The number of anilines is 1. The summed E-state index contributed by atoms with van der Waals surface area (Å²) in [5, 5.41) is 0. The summed E-state index contributed by atoms with van der Waals surface area (Å²) in [5.74, 6) is 1.62. The average Bonchev–Trinajstić information content (AvgIpc) is 2.64. The molecule has 1 aliphatic carbocycles. The van der Waals surface area contributed by atoms with Crippen molar-refractivity contribution in [3.05, 3.63) is 24.7 Å². The van der Waals surface area contributed by atoms with Crippen molar-refractivity contribution < 1.29 is 0 Å². The Kier molecular flexibility index (Phi) is 3.65. The Balaban J connectivity index is 2.00. The van der Waals surface area contributed by atoms with E-state index in [-0.39, 0.29) is 0 Å². The van der Waals surface area contributed by atoms with E-state index < -0.39 is 0 Å². The first kappa shape index (κ1) is 11.2. The topological polar surface area (TPSA) is 43.8 Å². The van der Waals surface area contributed by atoms with Gasteiger partial charge in [0.15, 0.2) is 0 Å². The fraction of sp³-hybridized carbons (Fsp3) is 0.615. The average molecular weight is 219 g/mol. The van der Waals surface area contributed by atoms with Crippen molar-refractivity contribution in [3.8, 4) is 0 Å². The Morgan fingerprint density at radius 3 is 2.88 bits per heavy atom. The van der Waals surface area contributed by atoms with Gasteiger partial charge in [0.05, 0.1) is 12.0 Å². The summed E-state index contributed by atoms with van der Waals surface area (Å²) in [4.78, 5) is 4.42. The lowest BCUT2D eigenvalue weighted by atomic mass is 9.86. The molecule has 1 saturated carbocycles. The van der Waals surface area contributed by atoms with Gasteiger partial charge in [0.1, 0.15) is 5.82 Å². The fourth-order valence-corrected chi connectivity index (χ4v) is 2.54. The molecule has 0 atom stereocenters. The van der Waals surface area contributed by atoms with Crippen LogP contribution in [-0.4, -0.2) is 9.55 Å². The van der Waals surface area contributed by atoms with Crippen LogP contribution in [0.1, 0.15) is 37.8 Å². The summed E-state index contributed by atoms with van der Waals surface area (Å²) in [6.07, 6.45) is 11.6. The van der Waals surface area contributed by atoms with Gasteiger partial charge in [0, 0.05) is 6.54 Å². The molecule has 0 spiro atoms. The van der Waals surface area contributed by atoms with Crippen molar-refractivity contribution in [1.82, 2.24) is 9.55 Å². The van der Waals surface area contributed by atoms with Crippen LogP contribution in [-0.2, 0) is 13.0 Å². The number of nitrogen functional groups attached to an aromatic ring is 1. The molecule has 0 unspecified atom stereocenters. The van der Waals surface area contributed by atoms with E-state index in [9.17, 15) is 0 Å². The minimum absolute atomic E-state index is 0.753. The molecule has 16 heavy (non-hydrogen) atoms. The van der Waals surface area contributed by atoms with E-state index in [0.29, 0.717) is 0 Å². The molecule has 3 heteroatoms. The first-order chi connectivity index (χ1) is 7.81. The van der Waals surface area contributed by atoms with Crippen LogP contribution in [0.15, 0.2) is 19.0 Å². The zero-order chi connectivity index (χ0) is 11.4. The molecule has 0 bridgehead atoms. The number of rotatable bonds is 4. The predicted molar refractivity (Wildman–Crippen MR) is 67.1 cm³/mol. The van der Waals surface area contributed by atoms with Crippen LogP contribution in [0.25, 0.3) is 0 Å². The summed E-state index contributed by atoms with van der Waals surface area (Å²) in [5.41, 5.74) is 7.14. The minimum Gasteiger partial charge on any atom is -0.384 e. The molecule has 0 aliphatic heterocycles. The Bertz CT molecular complexity index is 348. The molecule has 1 aliphatic rings. The number of hydrogen-bond acceptors (Lipinski definition) is 2. The second kappa shape index (κ2) is 5.19. The van der Waals surface area contributed by atoms with E-state index in [1.165, 1.54) is 32.1 Å². The number of allylic oxidation sites excluding steroid dienone is 1. The standard InChI is InChI=1S/C13H21N3/c1-2-8-16-10-15-12(13(16)14)9-11-6-4-3-5-7-11/h2,10-11H,1,3-9,14H2. The highest BCUT2D eigenvalue weighted by Crippen LogP contribution is 2.27. The lowest BCUT2D eigenvalue weighted by Crippen LogP contribution is -2.11. The fourth-order valence-electron chi connectivity index (χ4n) is 2.54. The highest BCUT2D eigenvalue weighted by molar-refractivity contribution is 5.36. The van der Waals surface area contributed by atoms with Gasteiger partial charge in [-0.05, 0) is 12.3 Å². The zero-order valence-electron chi connectivity index (χ0n) is 9.86. The summed E-state index contributed by atoms with van der Waals surface area (Å²) in [7, 11) is 0. The van der Waals surface area contributed by atoms with Crippen LogP contribution < -0.4 is 5.73 Å². The molecule has 0 radical (unpaired) electrons. The molecule has 0 aromatic carbocycles. The monoisotopic (exact) mass is 219 g/mol. The number of hydrogen-bond donors (Lipinski definition) is 1. The van der Waals surface area contributed by atoms with Crippen molar-refractivity contribution in [2.75, 3.05) is 5.73 Å². The van der Waals surface area contributed by atoms with Crippen LogP contribution >= 0.6 is 0 Å². The van der Waals surface area contributed by atoms with Gasteiger partial charge in [0.25, 0.3) is 0 Å². The summed E-state index contributed by atoms with van der Waals surface area (Å²) in [6, 6.07) is 0. The molecule has 2 N–H and O–H groups in total. The van der Waals surface area contributed by atoms with Gasteiger partial charge in [-0.15, -0.1) is 6.58 Å². The molecule has 0 amide bonds. The van der Waals surface area contributed by atoms with Crippen molar-refractivity contribution in [2.45, 2.75) is 45.1 Å². The smallest absolute Gasteiger partial charge is 0.126 e. The summed E-state index contributed by atoms with van der Waals surface area (Å²) < 4.78 is 1.96. The summed E-state index contributed by atoms with van der Waals surface area (Å²) >= 11 is 0. The van der Waals surface area contributed by atoms with Crippen LogP contribution in [0.3, 0.4) is 0 Å². The van der Waals surface area contributed by atoms with E-state index >= 15 is 0 Å². The molecule has 1 aromatic heterocycles. The SMILES string of the molecule is C=CCn1cnc(CC2CCCCC2)c1N. The molecule has 88 valence electrons. The number of imidazole rings is 1. The normalized spacial score (nSPS) is 17.5. The first-order valence-electron chi connectivity index (χ1n) is 6.21. The third-order valence-electron chi connectivity index (χ3n) is 3.49. The van der Waals surface area contributed by atoms with Crippen molar-refractivity contribution in [1.29, 1.82) is 0 Å². The molecule has 1 aromatic rings. The maximum atomic E-state index is 6.06. The lowest BCUT2D eigenvalue weighted by Gasteiger charge is -2.20. The van der Waals surface area contributed by atoms with Crippen molar-refractivity contribution in [3.63, 3.8) is 0 Å². The Hall–Kier alpha value is -1.25. The molecular weight excluding hydrogens is 198 g/mol. The van der Waals surface area contributed by atoms with E-state index in [2.05, 4.69) is 11.6 Å². The van der Waals surface area contributed by atoms with Crippen LogP contribution in [0.4, 0.5) is 5.82 Å². The second-order valence-electron chi connectivity index (χ2n) is 4.73. The highest BCUT2D eigenvalue weighted by atomic mass is 15.1. The van der Waals surface area contributed by atoms with Crippen molar-refractivity contribution in [2.24, 2.45) is 5.92 Å². The molecular formula is C13H21N3. The number of nitrogens with zero attached hydrogens (tertiary/aromatic N) is 2. The van der Waals surface area contributed by atoms with Gasteiger partial charge in [-0.3, -0.25) is 0 Å².